The summed E-state index contributed by atoms with van der Waals surface area (Å²) in [4.78, 5) is 0. The minimum atomic E-state index is -0.0656. The van der Waals surface area contributed by atoms with Gasteiger partial charge in [-0.1, -0.05) is 0 Å². The zero-order valence-corrected chi connectivity index (χ0v) is 9.24. The van der Waals surface area contributed by atoms with Gasteiger partial charge in [-0.25, -0.2) is 0 Å². The summed E-state index contributed by atoms with van der Waals surface area (Å²) in [5.74, 6) is 1.32. The van der Waals surface area contributed by atoms with E-state index in [2.05, 4.69) is 0 Å². The molecule has 0 amide bonds. The Hall–Kier alpha value is -1.26. The molecule has 0 fully saturated rings. The quantitative estimate of drug-likeness (QED) is 0.800. The zero-order valence-electron chi connectivity index (χ0n) is 9.24. The lowest BCUT2D eigenvalue weighted by molar-refractivity contribution is 0.177. The van der Waals surface area contributed by atoms with Crippen molar-refractivity contribution in [2.45, 2.75) is 13.2 Å². The predicted molar refractivity (Wildman–Crippen MR) is 56.2 cm³/mol. The summed E-state index contributed by atoms with van der Waals surface area (Å²) >= 11 is 0. The highest BCUT2D eigenvalue weighted by atomic mass is 16.5. The van der Waals surface area contributed by atoms with Crippen LogP contribution < -0.4 is 9.47 Å². The molecular formula is C11H16O4. The third-order valence-electron chi connectivity index (χ3n) is 2.18. The molecule has 0 heterocycles. The van der Waals surface area contributed by atoms with Crippen molar-refractivity contribution >= 4 is 0 Å². The van der Waals surface area contributed by atoms with Crippen LogP contribution in [-0.4, -0.2) is 26.4 Å². The van der Waals surface area contributed by atoms with Crippen LogP contribution in [0.3, 0.4) is 0 Å². The van der Waals surface area contributed by atoms with Crippen molar-refractivity contribution in [1.82, 2.24) is 0 Å². The lowest BCUT2D eigenvalue weighted by atomic mass is 10.1. The molecule has 0 aromatic heterocycles. The lowest BCUT2D eigenvalue weighted by Crippen LogP contribution is -2.01. The lowest BCUT2D eigenvalue weighted by Gasteiger charge is -2.15. The molecule has 0 saturated heterocycles. The SMILES string of the molecule is COCc1c(OC)ccc(CO)c1OC. The number of ether oxygens (including phenoxy) is 3. The number of hydrogen-bond acceptors (Lipinski definition) is 4. The Labute approximate surface area is 89.4 Å². The highest BCUT2D eigenvalue weighted by molar-refractivity contribution is 5.49. The summed E-state index contributed by atoms with van der Waals surface area (Å²) in [6, 6.07) is 3.57. The van der Waals surface area contributed by atoms with Gasteiger partial charge in [0.25, 0.3) is 0 Å². The first-order valence-electron chi connectivity index (χ1n) is 4.61. The fourth-order valence-electron chi connectivity index (χ4n) is 1.51. The Morgan fingerprint density at radius 3 is 2.33 bits per heavy atom. The highest BCUT2D eigenvalue weighted by Gasteiger charge is 2.13. The van der Waals surface area contributed by atoms with E-state index in [4.69, 9.17) is 19.3 Å². The molecule has 4 nitrogen and oxygen atoms in total. The van der Waals surface area contributed by atoms with Crippen molar-refractivity contribution < 1.29 is 19.3 Å². The van der Waals surface area contributed by atoms with Crippen molar-refractivity contribution in [3.05, 3.63) is 23.3 Å². The Bertz CT molecular complexity index is 323. The molecule has 0 atom stereocenters. The van der Waals surface area contributed by atoms with Gasteiger partial charge in [0.15, 0.2) is 0 Å². The second-order valence-electron chi connectivity index (χ2n) is 3.03. The maximum absolute atomic E-state index is 9.14. The number of aliphatic hydroxyl groups excluding tert-OH is 1. The summed E-state index contributed by atoms with van der Waals surface area (Å²) in [5.41, 5.74) is 1.54. The molecule has 0 aliphatic carbocycles. The fraction of sp³-hybridized carbons (Fsp3) is 0.455. The molecule has 0 saturated carbocycles. The van der Waals surface area contributed by atoms with Gasteiger partial charge in [-0.05, 0) is 12.1 Å². The topological polar surface area (TPSA) is 47.9 Å². The van der Waals surface area contributed by atoms with E-state index in [1.807, 2.05) is 0 Å². The second kappa shape index (κ2) is 5.58. The van der Waals surface area contributed by atoms with Gasteiger partial charge >= 0.3 is 0 Å². The summed E-state index contributed by atoms with van der Waals surface area (Å²) < 4.78 is 15.5. The molecule has 1 aromatic rings. The average Bonchev–Trinajstić information content (AvgIpc) is 2.28. The predicted octanol–water partition coefficient (Wildman–Crippen LogP) is 1.34. The molecule has 0 aliphatic heterocycles. The number of benzene rings is 1. The largest absolute Gasteiger partial charge is 0.496 e. The van der Waals surface area contributed by atoms with Gasteiger partial charge in [-0.15, -0.1) is 0 Å². The van der Waals surface area contributed by atoms with Gasteiger partial charge in [-0.2, -0.15) is 0 Å². The number of hydrogen-bond donors (Lipinski definition) is 1. The molecule has 1 aromatic carbocycles. The second-order valence-corrected chi connectivity index (χ2v) is 3.03. The molecule has 4 heteroatoms. The number of rotatable bonds is 5. The van der Waals surface area contributed by atoms with E-state index in [1.165, 1.54) is 0 Å². The minimum Gasteiger partial charge on any atom is -0.496 e. The van der Waals surface area contributed by atoms with Crippen LogP contribution in [-0.2, 0) is 18.0 Å². The monoisotopic (exact) mass is 212 g/mol. The molecule has 0 unspecified atom stereocenters. The van der Waals surface area contributed by atoms with Crippen LogP contribution >= 0.6 is 0 Å². The maximum Gasteiger partial charge on any atom is 0.133 e. The van der Waals surface area contributed by atoms with Gasteiger partial charge < -0.3 is 19.3 Å². The van der Waals surface area contributed by atoms with E-state index in [0.29, 0.717) is 18.1 Å². The Kier molecular flexibility index (Phi) is 4.39. The van der Waals surface area contributed by atoms with E-state index in [9.17, 15) is 0 Å². The molecule has 0 spiro atoms. The summed E-state index contributed by atoms with van der Waals surface area (Å²) in [7, 11) is 4.75. The molecule has 0 bridgehead atoms. The maximum atomic E-state index is 9.14. The molecule has 0 aliphatic rings. The first kappa shape index (κ1) is 11.8. The molecule has 84 valence electrons. The first-order chi connectivity index (χ1) is 7.28. The van der Waals surface area contributed by atoms with E-state index in [0.717, 1.165) is 11.1 Å². The third kappa shape index (κ3) is 2.40. The van der Waals surface area contributed by atoms with Crippen molar-refractivity contribution in [3.63, 3.8) is 0 Å². The van der Waals surface area contributed by atoms with Gasteiger partial charge in [0, 0.05) is 12.7 Å². The van der Waals surface area contributed by atoms with Gasteiger partial charge in [0.05, 0.1) is 33.0 Å². The smallest absolute Gasteiger partial charge is 0.133 e. The van der Waals surface area contributed by atoms with Crippen molar-refractivity contribution in [1.29, 1.82) is 0 Å². The van der Waals surface area contributed by atoms with Crippen LogP contribution in [0.5, 0.6) is 11.5 Å². The standard InChI is InChI=1S/C11H16O4/c1-13-7-9-10(14-2)5-4-8(6-12)11(9)15-3/h4-5,12H,6-7H2,1-3H3. The summed E-state index contributed by atoms with van der Waals surface area (Å²) in [6.07, 6.45) is 0. The molecule has 15 heavy (non-hydrogen) atoms. The Balaban J connectivity index is 3.24. The zero-order chi connectivity index (χ0) is 11.3. The molecular weight excluding hydrogens is 196 g/mol. The van der Waals surface area contributed by atoms with E-state index < -0.39 is 0 Å². The van der Waals surface area contributed by atoms with E-state index in [1.54, 1.807) is 33.5 Å². The number of aliphatic hydroxyl groups is 1. The van der Waals surface area contributed by atoms with Crippen LogP contribution in [0.1, 0.15) is 11.1 Å². The number of methoxy groups -OCH3 is 3. The van der Waals surface area contributed by atoms with Crippen molar-refractivity contribution in [2.75, 3.05) is 21.3 Å². The van der Waals surface area contributed by atoms with Crippen LogP contribution in [0.25, 0.3) is 0 Å². The van der Waals surface area contributed by atoms with Gasteiger partial charge in [0.2, 0.25) is 0 Å². The normalized spacial score (nSPS) is 10.1. The van der Waals surface area contributed by atoms with E-state index in [-0.39, 0.29) is 6.61 Å². The van der Waals surface area contributed by atoms with Gasteiger partial charge in [0.1, 0.15) is 11.5 Å². The Morgan fingerprint density at radius 1 is 1.13 bits per heavy atom. The summed E-state index contributed by atoms with van der Waals surface area (Å²) in [6.45, 7) is 0.323. The van der Waals surface area contributed by atoms with Crippen LogP contribution in [0.4, 0.5) is 0 Å². The van der Waals surface area contributed by atoms with Crippen LogP contribution in [0.15, 0.2) is 12.1 Å². The highest BCUT2D eigenvalue weighted by Crippen LogP contribution is 2.32. The molecule has 1 rings (SSSR count). The van der Waals surface area contributed by atoms with Crippen molar-refractivity contribution in [3.8, 4) is 11.5 Å². The van der Waals surface area contributed by atoms with E-state index >= 15 is 0 Å². The molecule has 1 N–H and O–H groups in total. The minimum absolute atomic E-state index is 0.0656. The molecule has 0 radical (unpaired) electrons. The van der Waals surface area contributed by atoms with Gasteiger partial charge in [-0.3, -0.25) is 0 Å². The van der Waals surface area contributed by atoms with Crippen LogP contribution in [0, 0.1) is 0 Å². The Morgan fingerprint density at radius 2 is 1.87 bits per heavy atom. The summed E-state index contributed by atoms with van der Waals surface area (Å²) in [5, 5.41) is 9.14. The average molecular weight is 212 g/mol. The fourth-order valence-corrected chi connectivity index (χ4v) is 1.51. The van der Waals surface area contributed by atoms with Crippen LogP contribution in [0.2, 0.25) is 0 Å². The van der Waals surface area contributed by atoms with Crippen molar-refractivity contribution in [2.24, 2.45) is 0 Å². The third-order valence-corrected chi connectivity index (χ3v) is 2.18. The first-order valence-corrected chi connectivity index (χ1v) is 4.61.